The van der Waals surface area contributed by atoms with Crippen LogP contribution in [0.15, 0.2) is 148 Å². The molecule has 0 spiro atoms. The molecule has 0 unspecified atom stereocenters. The van der Waals surface area contributed by atoms with Crippen molar-refractivity contribution >= 4 is 82.9 Å². The molecule has 0 aliphatic carbocycles. The molecule has 11 rings (SSSR count). The van der Waals surface area contributed by atoms with Crippen molar-refractivity contribution in [1.82, 2.24) is 9.97 Å². The van der Waals surface area contributed by atoms with Gasteiger partial charge in [-0.2, -0.15) is 0 Å². The fourth-order valence-corrected chi connectivity index (χ4v) is 7.50. The molecule has 0 radical (unpaired) electrons. The lowest BCUT2D eigenvalue weighted by molar-refractivity contribution is 0.662. The zero-order valence-corrected chi connectivity index (χ0v) is 24.9. The summed E-state index contributed by atoms with van der Waals surface area (Å²) in [5.41, 5.74) is 9.77. The summed E-state index contributed by atoms with van der Waals surface area (Å²) in [6.07, 6.45) is 0. The van der Waals surface area contributed by atoms with Gasteiger partial charge < -0.3 is 8.83 Å². The molecule has 5 nitrogen and oxygen atoms in total. The number of rotatable bonds is 2. The van der Waals surface area contributed by atoms with E-state index >= 15 is 0 Å². The Kier molecular flexibility index (Phi) is 4.78. The molecular weight excluding hydrogens is 578 g/mol. The van der Waals surface area contributed by atoms with Gasteiger partial charge >= 0.3 is 0 Å². The Labute approximate surface area is 267 Å². The third-order valence-electron chi connectivity index (χ3n) is 9.59. The average Bonchev–Trinajstić information content (AvgIpc) is 3.70. The maximum absolute atomic E-state index is 6.56. The molecule has 47 heavy (non-hydrogen) atoms. The van der Waals surface area contributed by atoms with Crippen molar-refractivity contribution < 1.29 is 8.83 Å². The van der Waals surface area contributed by atoms with Crippen LogP contribution in [0.5, 0.6) is 0 Å². The summed E-state index contributed by atoms with van der Waals surface area (Å²) in [5, 5.41) is 7.75. The van der Waals surface area contributed by atoms with Gasteiger partial charge in [0, 0.05) is 32.7 Å². The molecule has 10 aromatic rings. The molecule has 0 atom stereocenters. The Balaban J connectivity index is 1.28. The highest BCUT2D eigenvalue weighted by atomic mass is 16.3. The first-order valence-electron chi connectivity index (χ1n) is 15.8. The van der Waals surface area contributed by atoms with Gasteiger partial charge in [-0.1, -0.05) is 97.1 Å². The minimum Gasteiger partial charge on any atom is -0.455 e. The van der Waals surface area contributed by atoms with E-state index < -0.39 is 0 Å². The summed E-state index contributed by atoms with van der Waals surface area (Å²) >= 11 is 0. The Morgan fingerprint density at radius 3 is 1.96 bits per heavy atom. The first kappa shape index (κ1) is 24.8. The molecule has 0 amide bonds. The molecule has 0 saturated carbocycles. The fourth-order valence-electron chi connectivity index (χ4n) is 7.50. The molecule has 5 heteroatoms. The van der Waals surface area contributed by atoms with Crippen molar-refractivity contribution in [2.24, 2.45) is 0 Å². The van der Waals surface area contributed by atoms with Gasteiger partial charge in [-0.05, 0) is 64.2 Å². The smallest absolute Gasteiger partial charge is 0.236 e. The Hall–Kier alpha value is -6.46. The third-order valence-corrected chi connectivity index (χ3v) is 9.59. The van der Waals surface area contributed by atoms with Gasteiger partial charge in [0.05, 0.1) is 11.4 Å². The SMILES string of the molecule is c1ccc2cc3c(cc2c1)-c1cccc2cccc(c12)N3c1nc(-c2cccc3c2oc2ccccc23)c2oc3ccccc3c2n1. The Bertz CT molecular complexity index is 2930. The average molecular weight is 602 g/mol. The molecular formula is C42H23N3O2. The van der Waals surface area contributed by atoms with Crippen molar-refractivity contribution in [1.29, 1.82) is 0 Å². The number of para-hydroxylation sites is 3. The summed E-state index contributed by atoms with van der Waals surface area (Å²) < 4.78 is 13.1. The number of anilines is 3. The van der Waals surface area contributed by atoms with E-state index in [0.717, 1.165) is 66.3 Å². The van der Waals surface area contributed by atoms with Crippen LogP contribution in [0.4, 0.5) is 17.3 Å². The summed E-state index contributed by atoms with van der Waals surface area (Å²) in [5.74, 6) is 0.575. The third kappa shape index (κ3) is 3.37. The molecule has 0 saturated heterocycles. The predicted octanol–water partition coefficient (Wildman–Crippen LogP) is 11.7. The highest BCUT2D eigenvalue weighted by molar-refractivity contribution is 6.17. The van der Waals surface area contributed by atoms with Crippen LogP contribution in [0.3, 0.4) is 0 Å². The highest BCUT2D eigenvalue weighted by Crippen LogP contribution is 2.52. The van der Waals surface area contributed by atoms with E-state index in [1.165, 1.54) is 21.7 Å². The fraction of sp³-hybridized carbons (Fsp3) is 0. The number of hydrogen-bond donors (Lipinski definition) is 0. The number of fused-ring (bicyclic) bond motifs is 9. The zero-order chi connectivity index (χ0) is 30.6. The van der Waals surface area contributed by atoms with Gasteiger partial charge in [0.25, 0.3) is 0 Å². The van der Waals surface area contributed by atoms with Crippen LogP contribution in [0.25, 0.3) is 87.9 Å². The quantitative estimate of drug-likeness (QED) is 0.197. The van der Waals surface area contributed by atoms with E-state index in [0.29, 0.717) is 17.2 Å². The summed E-state index contributed by atoms with van der Waals surface area (Å²) in [4.78, 5) is 13.0. The van der Waals surface area contributed by atoms with Gasteiger partial charge in [0.1, 0.15) is 28.0 Å². The van der Waals surface area contributed by atoms with Crippen molar-refractivity contribution in [2.45, 2.75) is 0 Å². The van der Waals surface area contributed by atoms with Crippen LogP contribution < -0.4 is 4.90 Å². The molecule has 1 aliphatic heterocycles. The maximum atomic E-state index is 6.56. The molecule has 1 aliphatic rings. The number of benzene rings is 7. The van der Waals surface area contributed by atoms with Gasteiger partial charge in [-0.25, -0.2) is 9.97 Å². The molecule has 4 heterocycles. The molecule has 3 aromatic heterocycles. The second kappa shape index (κ2) is 9.05. The van der Waals surface area contributed by atoms with E-state index in [-0.39, 0.29) is 0 Å². The minimum atomic E-state index is 0.575. The van der Waals surface area contributed by atoms with Gasteiger partial charge in [-0.3, -0.25) is 4.90 Å². The van der Waals surface area contributed by atoms with E-state index in [2.05, 4.69) is 108 Å². The predicted molar refractivity (Wildman–Crippen MR) is 191 cm³/mol. The molecule has 0 N–H and O–H groups in total. The van der Waals surface area contributed by atoms with Gasteiger partial charge in [-0.15, -0.1) is 0 Å². The van der Waals surface area contributed by atoms with Crippen molar-refractivity contribution in [2.75, 3.05) is 4.90 Å². The van der Waals surface area contributed by atoms with Crippen LogP contribution in [-0.4, -0.2) is 9.97 Å². The van der Waals surface area contributed by atoms with E-state index in [4.69, 9.17) is 18.8 Å². The van der Waals surface area contributed by atoms with Crippen molar-refractivity contribution in [3.63, 3.8) is 0 Å². The standard InChI is InChI=1S/C42H23N3O2/c1-2-11-26-23-34-32(22-25(26)10-1)28-16-7-12-24-13-8-19-33(37(24)28)45(34)42-43-38-30-15-4-6-21-36(30)47-41(38)39(44-42)31-18-9-17-29-27-14-3-5-20-35(27)46-40(29)31/h1-23H. The van der Waals surface area contributed by atoms with E-state index in [1.54, 1.807) is 0 Å². The molecule has 218 valence electrons. The lowest BCUT2D eigenvalue weighted by Gasteiger charge is -2.32. The van der Waals surface area contributed by atoms with E-state index in [9.17, 15) is 0 Å². The van der Waals surface area contributed by atoms with Crippen LogP contribution in [0.1, 0.15) is 0 Å². The minimum absolute atomic E-state index is 0.575. The monoisotopic (exact) mass is 601 g/mol. The second-order valence-corrected chi connectivity index (χ2v) is 12.2. The van der Waals surface area contributed by atoms with Crippen LogP contribution >= 0.6 is 0 Å². The zero-order valence-electron chi connectivity index (χ0n) is 24.9. The van der Waals surface area contributed by atoms with Crippen LogP contribution in [0.2, 0.25) is 0 Å². The highest BCUT2D eigenvalue weighted by Gasteiger charge is 2.30. The van der Waals surface area contributed by atoms with Gasteiger partial charge in [0.15, 0.2) is 5.58 Å². The Morgan fingerprint density at radius 1 is 0.447 bits per heavy atom. The number of nitrogens with zero attached hydrogens (tertiary/aromatic N) is 3. The molecule has 0 bridgehead atoms. The lowest BCUT2D eigenvalue weighted by atomic mass is 9.89. The number of aromatic nitrogens is 2. The largest absolute Gasteiger partial charge is 0.455 e. The maximum Gasteiger partial charge on any atom is 0.236 e. The lowest BCUT2D eigenvalue weighted by Crippen LogP contribution is -2.18. The van der Waals surface area contributed by atoms with Crippen LogP contribution in [0, 0.1) is 0 Å². The molecule has 0 fully saturated rings. The number of hydrogen-bond acceptors (Lipinski definition) is 5. The van der Waals surface area contributed by atoms with Gasteiger partial charge in [0.2, 0.25) is 5.95 Å². The number of furan rings is 2. The Morgan fingerprint density at radius 2 is 1.09 bits per heavy atom. The summed E-state index contributed by atoms with van der Waals surface area (Å²) in [6.45, 7) is 0. The normalized spacial score (nSPS) is 12.6. The first-order valence-corrected chi connectivity index (χ1v) is 15.8. The van der Waals surface area contributed by atoms with Crippen LogP contribution in [-0.2, 0) is 0 Å². The first-order chi connectivity index (χ1) is 23.3. The van der Waals surface area contributed by atoms with E-state index in [1.807, 2.05) is 36.4 Å². The second-order valence-electron chi connectivity index (χ2n) is 12.2. The molecule has 7 aromatic carbocycles. The summed E-state index contributed by atoms with van der Waals surface area (Å²) in [7, 11) is 0. The summed E-state index contributed by atoms with van der Waals surface area (Å²) in [6, 6.07) is 48.5. The van der Waals surface area contributed by atoms with Crippen molar-refractivity contribution in [3.05, 3.63) is 140 Å². The van der Waals surface area contributed by atoms with Crippen molar-refractivity contribution in [3.8, 4) is 22.4 Å². The topological polar surface area (TPSA) is 55.3 Å².